The van der Waals surface area contributed by atoms with Crippen molar-refractivity contribution < 1.29 is 43.1 Å². The summed E-state index contributed by atoms with van der Waals surface area (Å²) >= 11 is 0. The van der Waals surface area contributed by atoms with E-state index in [0.717, 1.165) is 16.7 Å². The Balaban J connectivity index is 1.96. The van der Waals surface area contributed by atoms with Gasteiger partial charge in [-0.3, -0.25) is 4.79 Å². The number of fused-ring (bicyclic) bond motifs is 2. The highest BCUT2D eigenvalue weighted by Gasteiger charge is 2.45. The molecule has 2 aromatic rings. The van der Waals surface area contributed by atoms with Gasteiger partial charge in [-0.15, -0.1) is 0 Å². The smallest absolute Gasteiger partial charge is 0.302 e. The Morgan fingerprint density at radius 3 is 2.06 bits per heavy atom. The first-order chi connectivity index (χ1) is 16.5. The number of carbonyl (C=O) groups excluding carboxylic acids is 1. The van der Waals surface area contributed by atoms with Crippen molar-refractivity contribution in [1.29, 1.82) is 0 Å². The van der Waals surface area contributed by atoms with Crippen molar-refractivity contribution >= 4 is 5.97 Å². The molecule has 4 rings (SSSR count). The van der Waals surface area contributed by atoms with E-state index in [2.05, 4.69) is 0 Å². The zero-order valence-electron chi connectivity index (χ0n) is 20.0. The van der Waals surface area contributed by atoms with Crippen LogP contribution in [0.25, 0.3) is 0 Å². The van der Waals surface area contributed by atoms with E-state index < -0.39 is 12.1 Å². The van der Waals surface area contributed by atoms with E-state index in [1.807, 2.05) is 24.3 Å². The van der Waals surface area contributed by atoms with Crippen molar-refractivity contribution in [3.8, 4) is 28.7 Å². The number of methoxy groups -OCH3 is 4. The Hall–Kier alpha value is -3.17. The first-order valence-electron chi connectivity index (χ1n) is 11.0. The van der Waals surface area contributed by atoms with Crippen LogP contribution >= 0.6 is 0 Å². The summed E-state index contributed by atoms with van der Waals surface area (Å²) in [5.41, 5.74) is 2.65. The van der Waals surface area contributed by atoms with E-state index in [4.69, 9.17) is 33.2 Å². The lowest BCUT2D eigenvalue weighted by Crippen LogP contribution is -2.39. The predicted octanol–water partition coefficient (Wildman–Crippen LogP) is 3.06. The minimum absolute atomic E-state index is 0.0929. The molecule has 0 radical (unpaired) electrons. The van der Waals surface area contributed by atoms with Crippen molar-refractivity contribution in [3.63, 3.8) is 0 Å². The topological polar surface area (TPSA) is 102 Å². The number of aliphatic hydroxyl groups is 1. The van der Waals surface area contributed by atoms with Crippen molar-refractivity contribution in [3.05, 3.63) is 41.0 Å². The van der Waals surface area contributed by atoms with Crippen molar-refractivity contribution in [2.45, 2.75) is 18.9 Å². The molecular weight excluding hydrogens is 444 g/mol. The Morgan fingerprint density at radius 1 is 0.941 bits per heavy atom. The van der Waals surface area contributed by atoms with Crippen molar-refractivity contribution in [2.24, 2.45) is 11.8 Å². The van der Waals surface area contributed by atoms with Gasteiger partial charge in [0.1, 0.15) is 0 Å². The number of hydrogen-bond donors (Lipinski definition) is 1. The Morgan fingerprint density at radius 2 is 1.56 bits per heavy atom. The molecule has 9 heteroatoms. The molecule has 1 heterocycles. The van der Waals surface area contributed by atoms with Gasteiger partial charge in [0, 0.05) is 38.4 Å². The average Bonchev–Trinajstić information content (AvgIpc) is 3.31. The zero-order chi connectivity index (χ0) is 24.4. The van der Waals surface area contributed by atoms with Gasteiger partial charge in [0.05, 0.1) is 34.0 Å². The molecule has 34 heavy (non-hydrogen) atoms. The monoisotopic (exact) mass is 474 g/mol. The minimum atomic E-state index is -0.437. The summed E-state index contributed by atoms with van der Waals surface area (Å²) in [6, 6.07) is 7.60. The van der Waals surface area contributed by atoms with Crippen LogP contribution in [0.4, 0.5) is 0 Å². The van der Waals surface area contributed by atoms with Gasteiger partial charge in [-0.1, -0.05) is 0 Å². The molecule has 1 N–H and O–H groups in total. The van der Waals surface area contributed by atoms with Gasteiger partial charge < -0.3 is 38.3 Å². The third-order valence-corrected chi connectivity index (χ3v) is 6.58. The van der Waals surface area contributed by atoms with Gasteiger partial charge in [0.2, 0.25) is 12.5 Å². The number of benzene rings is 2. The van der Waals surface area contributed by atoms with Crippen LogP contribution in [-0.2, 0) is 14.3 Å². The molecular formula is C25H30O9. The molecule has 0 saturated heterocycles. The van der Waals surface area contributed by atoms with E-state index >= 15 is 0 Å². The van der Waals surface area contributed by atoms with E-state index in [1.165, 1.54) is 6.92 Å². The van der Waals surface area contributed by atoms with Gasteiger partial charge in [-0.25, -0.2) is 0 Å². The van der Waals surface area contributed by atoms with Gasteiger partial charge in [-0.2, -0.15) is 0 Å². The van der Waals surface area contributed by atoms with Crippen LogP contribution in [0.1, 0.15) is 35.6 Å². The standard InChI is InChI=1S/C25H30O9/c1-13(27)32-11-18-17(10-26)24(30-4)16-9-20-19(33-12-34-20)8-15(16)23(18)14-6-21(28-2)25(31-5)22(7-14)29-3/h6-9,17-18,23-24,26H,10-12H2,1-5H3/t17-,18+,23+,24-/m0/s1. The number of aliphatic hydroxyl groups excluding tert-OH is 1. The van der Waals surface area contributed by atoms with Crippen LogP contribution < -0.4 is 23.7 Å². The van der Waals surface area contributed by atoms with Gasteiger partial charge >= 0.3 is 5.97 Å². The molecule has 0 amide bonds. The van der Waals surface area contributed by atoms with Crippen LogP contribution in [0.3, 0.4) is 0 Å². The highest BCUT2D eigenvalue weighted by molar-refractivity contribution is 5.66. The first-order valence-corrected chi connectivity index (χ1v) is 11.0. The second-order valence-electron chi connectivity index (χ2n) is 8.24. The molecule has 2 aliphatic rings. The predicted molar refractivity (Wildman–Crippen MR) is 121 cm³/mol. The highest BCUT2D eigenvalue weighted by atomic mass is 16.7. The normalized spacial score (nSPS) is 22.6. The Kier molecular flexibility index (Phi) is 7.04. The summed E-state index contributed by atoms with van der Waals surface area (Å²) in [6.45, 7) is 1.42. The first kappa shape index (κ1) is 24.0. The lowest BCUT2D eigenvalue weighted by molar-refractivity contribution is -0.144. The van der Waals surface area contributed by atoms with Crippen molar-refractivity contribution in [2.75, 3.05) is 48.4 Å². The van der Waals surface area contributed by atoms with E-state index in [9.17, 15) is 9.90 Å². The third kappa shape index (κ3) is 4.10. The SMILES string of the molecule is COc1cc([C@@H]2c3cc4c(cc3[C@H](OC)[C@@H](CO)[C@H]2COC(C)=O)OCO4)cc(OC)c1OC. The summed E-state index contributed by atoms with van der Waals surface area (Å²) < 4.78 is 39.3. The second kappa shape index (κ2) is 9.99. The number of hydrogen-bond acceptors (Lipinski definition) is 9. The quantitative estimate of drug-likeness (QED) is 0.578. The molecule has 184 valence electrons. The molecule has 1 aliphatic heterocycles. The number of carbonyl (C=O) groups is 1. The maximum atomic E-state index is 11.7. The fourth-order valence-corrected chi connectivity index (χ4v) is 5.10. The fourth-order valence-electron chi connectivity index (χ4n) is 5.10. The maximum absolute atomic E-state index is 11.7. The number of esters is 1. The second-order valence-corrected chi connectivity index (χ2v) is 8.24. The van der Waals surface area contributed by atoms with E-state index in [0.29, 0.717) is 28.7 Å². The van der Waals surface area contributed by atoms with E-state index in [1.54, 1.807) is 28.4 Å². The van der Waals surface area contributed by atoms with Crippen LogP contribution in [-0.4, -0.2) is 59.5 Å². The van der Waals surface area contributed by atoms with Gasteiger partial charge in [-0.05, 0) is 41.0 Å². The lowest BCUT2D eigenvalue weighted by Gasteiger charge is -2.43. The van der Waals surface area contributed by atoms with Gasteiger partial charge in [0.15, 0.2) is 23.0 Å². The molecule has 1 aliphatic carbocycles. The van der Waals surface area contributed by atoms with Crippen LogP contribution in [0.5, 0.6) is 28.7 Å². The Labute approximate surface area is 198 Å². The minimum Gasteiger partial charge on any atom is -0.493 e. The Bertz CT molecular complexity index is 1030. The summed E-state index contributed by atoms with van der Waals surface area (Å²) in [4.78, 5) is 11.7. The molecule has 9 nitrogen and oxygen atoms in total. The largest absolute Gasteiger partial charge is 0.493 e. The lowest BCUT2D eigenvalue weighted by atomic mass is 9.65. The molecule has 0 aromatic heterocycles. The molecule has 0 saturated carbocycles. The zero-order valence-corrected chi connectivity index (χ0v) is 20.0. The number of rotatable bonds is 8. The van der Waals surface area contributed by atoms with E-state index in [-0.39, 0.29) is 37.8 Å². The molecule has 0 bridgehead atoms. The summed E-state index contributed by atoms with van der Waals surface area (Å²) in [5, 5.41) is 10.4. The van der Waals surface area contributed by atoms with Gasteiger partial charge in [0.25, 0.3) is 0 Å². The van der Waals surface area contributed by atoms with Crippen LogP contribution in [0.15, 0.2) is 24.3 Å². The fraction of sp³-hybridized carbons (Fsp3) is 0.480. The highest BCUT2D eigenvalue weighted by Crippen LogP contribution is 2.54. The molecule has 0 unspecified atom stereocenters. The average molecular weight is 475 g/mol. The maximum Gasteiger partial charge on any atom is 0.302 e. The summed E-state index contributed by atoms with van der Waals surface area (Å²) in [6.07, 6.45) is -0.437. The van der Waals surface area contributed by atoms with Crippen LogP contribution in [0.2, 0.25) is 0 Å². The third-order valence-electron chi connectivity index (χ3n) is 6.58. The molecule has 4 atom stereocenters. The van der Waals surface area contributed by atoms with Crippen LogP contribution in [0, 0.1) is 11.8 Å². The van der Waals surface area contributed by atoms with Crippen molar-refractivity contribution in [1.82, 2.24) is 0 Å². The number of ether oxygens (including phenoxy) is 7. The molecule has 0 spiro atoms. The summed E-state index contributed by atoms with van der Waals surface area (Å²) in [7, 11) is 6.26. The molecule has 0 fully saturated rings. The molecule has 2 aromatic carbocycles. The summed E-state index contributed by atoms with van der Waals surface area (Å²) in [5.74, 6) is 1.35.